The lowest BCUT2D eigenvalue weighted by Crippen LogP contribution is -2.49. The Hall–Kier alpha value is -3.48. The monoisotopic (exact) mass is 541 g/mol. The molecule has 13 heteroatoms. The molecule has 2 atom stereocenters. The number of carbonyl (C=O) groups excluding carboxylic acids is 3. The van der Waals surface area contributed by atoms with Gasteiger partial charge in [-0.1, -0.05) is 12.1 Å². The van der Waals surface area contributed by atoms with Gasteiger partial charge in [-0.15, -0.1) is 0 Å². The number of imide groups is 1. The summed E-state index contributed by atoms with van der Waals surface area (Å²) in [5.74, 6) is -3.04. The van der Waals surface area contributed by atoms with Gasteiger partial charge < -0.3 is 10.2 Å². The molecule has 0 aromatic heterocycles. The maximum absolute atomic E-state index is 14.7. The minimum absolute atomic E-state index is 0.125. The largest absolute Gasteiger partial charge is 0.416 e. The molecule has 1 heterocycles. The lowest BCUT2D eigenvalue weighted by molar-refractivity contribution is -0.137. The summed E-state index contributed by atoms with van der Waals surface area (Å²) in [5.41, 5.74) is -1.41. The van der Waals surface area contributed by atoms with Gasteiger partial charge in [0.1, 0.15) is 11.9 Å². The van der Waals surface area contributed by atoms with E-state index >= 15 is 0 Å². The van der Waals surface area contributed by atoms with Crippen LogP contribution in [0.2, 0.25) is 0 Å². The third-order valence-corrected chi connectivity index (χ3v) is 7.49. The van der Waals surface area contributed by atoms with Gasteiger partial charge in [0.2, 0.25) is 5.91 Å². The van der Waals surface area contributed by atoms with E-state index in [4.69, 9.17) is 0 Å². The Kier molecular flexibility index (Phi) is 6.78. The number of alkyl halides is 3. The number of benzene rings is 2. The Morgan fingerprint density at radius 3 is 2.35 bits per heavy atom. The highest BCUT2D eigenvalue weighted by Gasteiger charge is 2.46. The standard InChI is InChI=1S/C24H23F4N3O5S/c1-30-12-19(31(23(30)34)22(33)14-4-3-5-16(10-14)37(2,35)36)21(32)29-20(13-6-7-13)17-9-8-15(11-18(17)25)24(26,27)28/h3-5,8-11,13,19-20H,6-7,12H2,1-2H3,(H,29,32)/t19-,20?/m0/s1. The number of hydrogen-bond acceptors (Lipinski definition) is 5. The van der Waals surface area contributed by atoms with Gasteiger partial charge >= 0.3 is 12.2 Å². The minimum atomic E-state index is -4.73. The quantitative estimate of drug-likeness (QED) is 0.565. The van der Waals surface area contributed by atoms with Crippen molar-refractivity contribution in [1.29, 1.82) is 0 Å². The van der Waals surface area contributed by atoms with Crippen molar-refractivity contribution >= 4 is 27.7 Å². The summed E-state index contributed by atoms with van der Waals surface area (Å²) < 4.78 is 77.4. The second kappa shape index (κ2) is 9.43. The predicted molar refractivity (Wildman–Crippen MR) is 123 cm³/mol. The number of halogens is 4. The Balaban J connectivity index is 1.61. The van der Waals surface area contributed by atoms with Crippen LogP contribution in [0.25, 0.3) is 0 Å². The molecule has 2 aromatic carbocycles. The highest BCUT2D eigenvalue weighted by atomic mass is 32.2. The van der Waals surface area contributed by atoms with Gasteiger partial charge in [-0.05, 0) is 49.1 Å². The highest BCUT2D eigenvalue weighted by molar-refractivity contribution is 7.90. The first-order valence-electron chi connectivity index (χ1n) is 11.2. The van der Waals surface area contributed by atoms with Crippen LogP contribution >= 0.6 is 0 Å². The summed E-state index contributed by atoms with van der Waals surface area (Å²) >= 11 is 0. The smallest absolute Gasteiger partial charge is 0.347 e. The van der Waals surface area contributed by atoms with Gasteiger partial charge in [0.05, 0.1) is 23.0 Å². The van der Waals surface area contributed by atoms with Crippen molar-refractivity contribution in [2.45, 2.75) is 36.0 Å². The fourth-order valence-corrected chi connectivity index (χ4v) is 4.91. The molecule has 4 amide bonds. The third-order valence-electron chi connectivity index (χ3n) is 6.38. The number of nitrogens with zero attached hydrogens (tertiary/aromatic N) is 2. The Morgan fingerprint density at radius 2 is 1.78 bits per heavy atom. The van der Waals surface area contributed by atoms with Crippen LogP contribution in [0.15, 0.2) is 47.4 Å². The zero-order valence-electron chi connectivity index (χ0n) is 19.8. The number of likely N-dealkylation sites (N-methyl/N-ethyl adjacent to an activating group) is 1. The van der Waals surface area contributed by atoms with Gasteiger partial charge in [0.15, 0.2) is 9.84 Å². The van der Waals surface area contributed by atoms with Gasteiger partial charge in [-0.2, -0.15) is 13.2 Å². The van der Waals surface area contributed by atoms with E-state index in [-0.39, 0.29) is 28.5 Å². The van der Waals surface area contributed by atoms with Crippen LogP contribution in [0.3, 0.4) is 0 Å². The second-order valence-electron chi connectivity index (χ2n) is 9.21. The molecule has 1 unspecified atom stereocenters. The molecule has 1 aliphatic carbocycles. The molecule has 1 aliphatic heterocycles. The summed E-state index contributed by atoms with van der Waals surface area (Å²) in [6.07, 6.45) is -2.56. The maximum Gasteiger partial charge on any atom is 0.416 e. The first-order valence-corrected chi connectivity index (χ1v) is 13.1. The van der Waals surface area contributed by atoms with Gasteiger partial charge in [0.25, 0.3) is 5.91 Å². The zero-order chi connectivity index (χ0) is 27.3. The molecular weight excluding hydrogens is 518 g/mol. The normalized spacial score (nSPS) is 19.2. The zero-order valence-corrected chi connectivity index (χ0v) is 20.6. The van der Waals surface area contributed by atoms with E-state index < -0.39 is 57.3 Å². The highest BCUT2D eigenvalue weighted by Crippen LogP contribution is 2.43. The molecule has 2 fully saturated rings. The van der Waals surface area contributed by atoms with E-state index in [9.17, 15) is 40.4 Å². The van der Waals surface area contributed by atoms with E-state index in [1.807, 2.05) is 0 Å². The van der Waals surface area contributed by atoms with Crippen LogP contribution in [-0.2, 0) is 20.8 Å². The number of urea groups is 1. The van der Waals surface area contributed by atoms with Crippen molar-refractivity contribution in [3.63, 3.8) is 0 Å². The number of hydrogen-bond donors (Lipinski definition) is 1. The number of sulfone groups is 1. The van der Waals surface area contributed by atoms with Gasteiger partial charge in [-0.3, -0.25) is 9.59 Å². The average molecular weight is 542 g/mol. The fourth-order valence-electron chi connectivity index (χ4n) is 4.25. The van der Waals surface area contributed by atoms with E-state index in [0.717, 1.165) is 29.4 Å². The van der Waals surface area contributed by atoms with Crippen molar-refractivity contribution in [3.8, 4) is 0 Å². The SMILES string of the molecule is CN1C[C@@H](C(=O)NC(c2ccc(C(F)(F)F)cc2F)C2CC2)N(C(=O)c2cccc(S(C)(=O)=O)c2)C1=O. The topological polar surface area (TPSA) is 104 Å². The van der Waals surface area contributed by atoms with Crippen LogP contribution in [0, 0.1) is 11.7 Å². The van der Waals surface area contributed by atoms with Crippen molar-refractivity contribution in [2.75, 3.05) is 19.8 Å². The maximum atomic E-state index is 14.7. The summed E-state index contributed by atoms with van der Waals surface area (Å²) in [4.78, 5) is 41.0. The van der Waals surface area contributed by atoms with Crippen LogP contribution in [0.1, 0.15) is 40.4 Å². The van der Waals surface area contributed by atoms with E-state index in [0.29, 0.717) is 23.8 Å². The lowest BCUT2D eigenvalue weighted by atomic mass is 9.99. The molecule has 1 saturated carbocycles. The molecule has 2 aliphatic rings. The third kappa shape index (κ3) is 5.45. The van der Waals surface area contributed by atoms with Crippen LogP contribution in [0.5, 0.6) is 0 Å². The van der Waals surface area contributed by atoms with E-state index in [1.165, 1.54) is 25.2 Å². The molecule has 198 valence electrons. The Bertz CT molecular complexity index is 1370. The van der Waals surface area contributed by atoms with Crippen LogP contribution in [0.4, 0.5) is 22.4 Å². The molecule has 37 heavy (non-hydrogen) atoms. The van der Waals surface area contributed by atoms with Crippen molar-refractivity contribution in [3.05, 3.63) is 65.0 Å². The number of amides is 4. The molecule has 0 radical (unpaired) electrons. The van der Waals surface area contributed by atoms with Crippen molar-refractivity contribution in [1.82, 2.24) is 15.1 Å². The van der Waals surface area contributed by atoms with Gasteiger partial charge in [0, 0.05) is 24.4 Å². The Morgan fingerprint density at radius 1 is 1.11 bits per heavy atom. The van der Waals surface area contributed by atoms with E-state index in [1.54, 1.807) is 0 Å². The molecule has 8 nitrogen and oxygen atoms in total. The minimum Gasteiger partial charge on any atom is -0.347 e. The fraction of sp³-hybridized carbons (Fsp3) is 0.375. The van der Waals surface area contributed by atoms with Crippen LogP contribution in [-0.4, -0.2) is 62.0 Å². The van der Waals surface area contributed by atoms with E-state index in [2.05, 4.69) is 5.32 Å². The molecule has 2 aromatic rings. The van der Waals surface area contributed by atoms with Crippen LogP contribution < -0.4 is 5.32 Å². The summed E-state index contributed by atoms with van der Waals surface area (Å²) in [6.45, 7) is -0.185. The van der Waals surface area contributed by atoms with Crippen molar-refractivity contribution < 1.29 is 40.4 Å². The van der Waals surface area contributed by atoms with Gasteiger partial charge in [-0.25, -0.2) is 22.5 Å². The second-order valence-corrected chi connectivity index (χ2v) is 11.2. The average Bonchev–Trinajstić information content (AvgIpc) is 3.61. The molecule has 1 saturated heterocycles. The number of nitrogens with one attached hydrogen (secondary N) is 1. The first kappa shape index (κ1) is 26.6. The summed E-state index contributed by atoms with van der Waals surface area (Å²) in [7, 11) is -2.28. The molecule has 1 N–H and O–H groups in total. The number of rotatable bonds is 6. The summed E-state index contributed by atoms with van der Waals surface area (Å²) in [6, 6.07) is 4.03. The number of carbonyl (C=O) groups is 3. The predicted octanol–water partition coefficient (Wildman–Crippen LogP) is 3.39. The molecule has 4 rings (SSSR count). The molecule has 0 spiro atoms. The molecular formula is C24H23F4N3O5S. The van der Waals surface area contributed by atoms with Crippen molar-refractivity contribution in [2.24, 2.45) is 5.92 Å². The first-order chi connectivity index (χ1) is 17.2. The molecule has 0 bridgehead atoms. The Labute approximate surface area is 210 Å². The summed E-state index contributed by atoms with van der Waals surface area (Å²) in [5, 5.41) is 2.62. The lowest BCUT2D eigenvalue weighted by Gasteiger charge is -2.25.